The average Bonchev–Trinajstić information content (AvgIpc) is 3.40. The van der Waals surface area contributed by atoms with Crippen LogP contribution in [0.3, 0.4) is 0 Å². The predicted octanol–water partition coefficient (Wildman–Crippen LogP) is 18.5. The van der Waals surface area contributed by atoms with Gasteiger partial charge in [-0.15, -0.1) is 0 Å². The van der Waals surface area contributed by atoms with Gasteiger partial charge in [-0.3, -0.25) is 9.59 Å². The topological polar surface area (TPSA) is 108 Å². The monoisotopic (exact) mass is 1070 g/mol. The van der Waals surface area contributed by atoms with Gasteiger partial charge in [-0.1, -0.05) is 232 Å². The van der Waals surface area contributed by atoms with Crippen LogP contribution in [0.15, 0.2) is 122 Å². The Morgan fingerprint density at radius 1 is 0.403 bits per heavy atom. The molecule has 0 saturated carbocycles. The van der Waals surface area contributed by atoms with Crippen LogP contribution in [0.5, 0.6) is 0 Å². The van der Waals surface area contributed by atoms with Gasteiger partial charge < -0.3 is 28.5 Å². The normalized spacial score (nSPS) is 13.6. The Balaban J connectivity index is 4.23. The number of carboxylic acid groups (broad SMARTS) is 1. The number of ether oxygens (including phenoxy) is 4. The summed E-state index contributed by atoms with van der Waals surface area (Å²) >= 11 is 0. The molecule has 9 heteroatoms. The molecule has 0 bridgehead atoms. The molecule has 0 aliphatic carbocycles. The van der Waals surface area contributed by atoms with E-state index >= 15 is 0 Å². The van der Waals surface area contributed by atoms with E-state index in [2.05, 4.69) is 135 Å². The number of nitrogens with zero attached hydrogens (tertiary/aromatic N) is 1. The number of quaternary nitrogens is 1. The first kappa shape index (κ1) is 72.7. The molecule has 0 aliphatic heterocycles. The number of unbranched alkanes of at least 4 members (excludes halogenated alkanes) is 20. The zero-order valence-corrected chi connectivity index (χ0v) is 49.8. The Labute approximate surface area is 472 Å². The van der Waals surface area contributed by atoms with Gasteiger partial charge in [0.05, 0.1) is 34.4 Å². The quantitative estimate of drug-likeness (QED) is 0.0211. The zero-order valence-electron chi connectivity index (χ0n) is 49.8. The standard InChI is InChI=1S/C68H113NO8/c1-6-8-10-12-14-16-18-20-22-24-26-27-28-29-30-31-32-33-34-35-36-37-38-39-41-43-45-47-49-51-53-55-57-59-66(71)77-64(63-76-68(67(72)73)74-61-60-69(3,4)5)62-75-65(70)58-56-54-52-50-48-46-44-42-40-25-23-21-19-17-15-13-11-9-7-2/h8,10,14-17,20-23,26-27,29-30,32-33,35-36,40,42,64,68H,6-7,9,11-13,18-19,24-25,28,31,34,37-39,41,43-63H2,1-5H3/p+1/b10-8-,16-14-,17-15-,22-20-,23-21-,27-26-,30-29-,33-32-,36-35-,42-40-. The van der Waals surface area contributed by atoms with Gasteiger partial charge in [-0.25, -0.2) is 4.79 Å². The van der Waals surface area contributed by atoms with Crippen molar-refractivity contribution in [1.82, 2.24) is 0 Å². The molecule has 0 spiro atoms. The Kier molecular flexibility index (Phi) is 54.6. The van der Waals surface area contributed by atoms with Gasteiger partial charge in [0.2, 0.25) is 0 Å². The van der Waals surface area contributed by atoms with E-state index in [1.165, 1.54) is 83.5 Å². The van der Waals surface area contributed by atoms with E-state index < -0.39 is 24.3 Å². The molecule has 0 aromatic heterocycles. The summed E-state index contributed by atoms with van der Waals surface area (Å²) in [7, 11) is 5.96. The summed E-state index contributed by atoms with van der Waals surface area (Å²) < 4.78 is 22.9. The number of esters is 2. The van der Waals surface area contributed by atoms with E-state index in [1.54, 1.807) is 0 Å². The van der Waals surface area contributed by atoms with Crippen LogP contribution in [-0.4, -0.2) is 87.4 Å². The lowest BCUT2D eigenvalue weighted by Crippen LogP contribution is -2.40. The minimum atomic E-state index is -1.52. The first-order valence-corrected chi connectivity index (χ1v) is 30.7. The molecule has 0 aliphatic rings. The third kappa shape index (κ3) is 59.2. The van der Waals surface area contributed by atoms with Crippen LogP contribution in [0.4, 0.5) is 0 Å². The molecule has 2 atom stereocenters. The smallest absolute Gasteiger partial charge is 0.361 e. The van der Waals surface area contributed by atoms with Gasteiger partial charge in [0, 0.05) is 12.8 Å². The third-order valence-corrected chi connectivity index (χ3v) is 12.7. The number of rotatable bonds is 55. The maximum atomic E-state index is 12.9. The minimum absolute atomic E-state index is 0.179. The van der Waals surface area contributed by atoms with E-state index in [-0.39, 0.29) is 38.6 Å². The van der Waals surface area contributed by atoms with Crippen molar-refractivity contribution in [3.05, 3.63) is 122 Å². The fraction of sp³-hybridized carbons (Fsp3) is 0.662. The van der Waals surface area contributed by atoms with Crippen molar-refractivity contribution in [3.8, 4) is 0 Å². The van der Waals surface area contributed by atoms with Gasteiger partial charge >= 0.3 is 17.9 Å². The summed E-state index contributed by atoms with van der Waals surface area (Å²) in [4.78, 5) is 37.5. The van der Waals surface area contributed by atoms with E-state index in [4.69, 9.17) is 18.9 Å². The number of carboxylic acids is 1. The lowest BCUT2D eigenvalue weighted by molar-refractivity contribution is -0.870. The van der Waals surface area contributed by atoms with Crippen LogP contribution in [0, 0.1) is 0 Å². The van der Waals surface area contributed by atoms with E-state index in [0.717, 1.165) is 116 Å². The molecular weight excluding hydrogens is 959 g/mol. The number of aliphatic carboxylic acids is 1. The number of carbonyl (C=O) groups is 3. The molecule has 0 saturated heterocycles. The van der Waals surface area contributed by atoms with Crippen molar-refractivity contribution >= 4 is 17.9 Å². The van der Waals surface area contributed by atoms with E-state index in [9.17, 15) is 19.5 Å². The number of carbonyl (C=O) groups excluding carboxylic acids is 2. The van der Waals surface area contributed by atoms with Crippen molar-refractivity contribution in [2.45, 2.75) is 245 Å². The highest BCUT2D eigenvalue weighted by atomic mass is 16.7. The number of likely N-dealkylation sites (N-methyl/N-ethyl adjacent to an activating group) is 1. The van der Waals surface area contributed by atoms with Crippen molar-refractivity contribution < 1.29 is 42.9 Å². The molecule has 0 radical (unpaired) electrons. The molecule has 0 rings (SSSR count). The maximum Gasteiger partial charge on any atom is 0.361 e. The molecule has 77 heavy (non-hydrogen) atoms. The highest BCUT2D eigenvalue weighted by Crippen LogP contribution is 2.15. The largest absolute Gasteiger partial charge is 0.477 e. The summed E-state index contributed by atoms with van der Waals surface area (Å²) in [5, 5.41) is 9.71. The molecule has 0 heterocycles. The van der Waals surface area contributed by atoms with E-state index in [0.29, 0.717) is 17.4 Å². The second-order valence-electron chi connectivity index (χ2n) is 21.3. The van der Waals surface area contributed by atoms with Crippen molar-refractivity contribution in [2.24, 2.45) is 0 Å². The van der Waals surface area contributed by atoms with Crippen LogP contribution in [-0.2, 0) is 33.3 Å². The highest BCUT2D eigenvalue weighted by molar-refractivity contribution is 5.71. The second kappa shape index (κ2) is 57.9. The molecule has 0 aromatic rings. The highest BCUT2D eigenvalue weighted by Gasteiger charge is 2.25. The first-order chi connectivity index (χ1) is 37.6. The van der Waals surface area contributed by atoms with Crippen LogP contribution in [0.2, 0.25) is 0 Å². The van der Waals surface area contributed by atoms with Crippen molar-refractivity contribution in [2.75, 3.05) is 47.5 Å². The molecule has 0 amide bonds. The van der Waals surface area contributed by atoms with Gasteiger partial charge in [-0.2, -0.15) is 0 Å². The molecule has 1 N–H and O–H groups in total. The van der Waals surface area contributed by atoms with Crippen LogP contribution in [0.1, 0.15) is 232 Å². The summed E-state index contributed by atoms with van der Waals surface area (Å²) in [6, 6.07) is 0. The third-order valence-electron chi connectivity index (χ3n) is 12.7. The maximum absolute atomic E-state index is 12.9. The lowest BCUT2D eigenvalue weighted by Gasteiger charge is -2.25. The molecule has 9 nitrogen and oxygen atoms in total. The Morgan fingerprint density at radius 3 is 1.10 bits per heavy atom. The second-order valence-corrected chi connectivity index (χ2v) is 21.3. The molecule has 438 valence electrons. The van der Waals surface area contributed by atoms with E-state index in [1.807, 2.05) is 21.1 Å². The molecular formula is C68H114NO8+. The first-order valence-electron chi connectivity index (χ1n) is 30.7. The Bertz CT molecular complexity index is 1670. The Hall–Kier alpha value is -4.31. The number of hydrogen-bond acceptors (Lipinski definition) is 7. The Morgan fingerprint density at radius 2 is 0.740 bits per heavy atom. The molecule has 2 unspecified atom stereocenters. The van der Waals surface area contributed by atoms with Crippen LogP contribution >= 0.6 is 0 Å². The average molecular weight is 1070 g/mol. The summed E-state index contributed by atoms with van der Waals surface area (Å²) in [6.07, 6.45) is 78.5. The fourth-order valence-corrected chi connectivity index (χ4v) is 8.00. The molecule has 0 fully saturated rings. The number of allylic oxidation sites excluding steroid dienone is 20. The SMILES string of the molecule is CC/C=C\C/C=C\C/C=C\C/C=C\C/C=C\C/C=C\C/C=C\CCCCCCCCCCCCCC(=O)OC(COC(=O)CCCCCCCC/C=C\C/C=C\C/C=C\CCCCC)COC(OCC[N+](C)(C)C)C(=O)O. The minimum Gasteiger partial charge on any atom is -0.477 e. The fourth-order valence-electron chi connectivity index (χ4n) is 8.00. The van der Waals surface area contributed by atoms with Gasteiger partial charge in [0.1, 0.15) is 13.2 Å². The zero-order chi connectivity index (χ0) is 56.2. The van der Waals surface area contributed by atoms with Crippen molar-refractivity contribution in [3.63, 3.8) is 0 Å². The van der Waals surface area contributed by atoms with Crippen molar-refractivity contribution in [1.29, 1.82) is 0 Å². The van der Waals surface area contributed by atoms with Crippen LogP contribution in [0.25, 0.3) is 0 Å². The number of hydrogen-bond donors (Lipinski definition) is 1. The van der Waals surface area contributed by atoms with Gasteiger partial charge in [0.15, 0.2) is 6.10 Å². The predicted molar refractivity (Wildman–Crippen MR) is 327 cm³/mol. The summed E-state index contributed by atoms with van der Waals surface area (Å²) in [5.41, 5.74) is 0. The summed E-state index contributed by atoms with van der Waals surface area (Å²) in [6.45, 7) is 4.71. The van der Waals surface area contributed by atoms with Crippen LogP contribution < -0.4 is 0 Å². The molecule has 0 aromatic carbocycles. The summed E-state index contributed by atoms with van der Waals surface area (Å²) in [5.74, 6) is -2.03. The lowest BCUT2D eigenvalue weighted by atomic mass is 10.0. The van der Waals surface area contributed by atoms with Gasteiger partial charge in [-0.05, 0) is 109 Å². The van der Waals surface area contributed by atoms with Gasteiger partial charge in [0.25, 0.3) is 6.29 Å².